The van der Waals surface area contributed by atoms with Crippen molar-refractivity contribution in [3.63, 3.8) is 0 Å². The zero-order valence-electron chi connectivity index (χ0n) is 15.5. The molecule has 7 heteroatoms. The van der Waals surface area contributed by atoms with E-state index in [9.17, 15) is 13.2 Å². The average Bonchev–Trinajstić information content (AvgIpc) is 3.26. The van der Waals surface area contributed by atoms with Crippen LogP contribution in [0.15, 0.2) is 54.6 Å². The van der Waals surface area contributed by atoms with Crippen molar-refractivity contribution in [1.82, 2.24) is 9.21 Å². The van der Waals surface area contributed by atoms with Gasteiger partial charge in [0.1, 0.15) is 0 Å². The summed E-state index contributed by atoms with van der Waals surface area (Å²) in [6.45, 7) is 1.45. The Morgan fingerprint density at radius 2 is 1.82 bits per heavy atom. The minimum absolute atomic E-state index is 0.0558. The third-order valence-corrected chi connectivity index (χ3v) is 6.94. The van der Waals surface area contributed by atoms with Crippen LogP contribution in [0.4, 0.5) is 0 Å². The summed E-state index contributed by atoms with van der Waals surface area (Å²) in [6.07, 6.45) is 1.25. The monoisotopic (exact) mass is 395 g/mol. The number of carbonyl (C=O) groups excluding carboxylic acids is 1. The lowest BCUT2D eigenvalue weighted by Gasteiger charge is -2.28. The first-order chi connectivity index (χ1) is 13.4. The number of hydrogen-bond acceptors (Lipinski definition) is 4. The van der Waals surface area contributed by atoms with E-state index in [-0.39, 0.29) is 23.8 Å². The number of hydrogen-bond donors (Lipinski definition) is 0. The molecule has 0 unspecified atom stereocenters. The molecule has 2 aliphatic rings. The van der Waals surface area contributed by atoms with Crippen molar-refractivity contribution >= 4 is 15.9 Å². The maximum Gasteiger partial charge on any atom is 0.253 e. The van der Waals surface area contributed by atoms with E-state index in [0.717, 1.165) is 5.56 Å². The molecule has 2 aromatic carbocycles. The van der Waals surface area contributed by atoms with Crippen molar-refractivity contribution in [2.75, 3.05) is 25.9 Å². The number of carbonyl (C=O) groups is 1. The van der Waals surface area contributed by atoms with Crippen LogP contribution in [0.1, 0.15) is 27.5 Å². The molecule has 0 N–H and O–H groups in total. The van der Waals surface area contributed by atoms with E-state index in [1.54, 1.807) is 33.5 Å². The zero-order chi connectivity index (χ0) is 19.9. The fraction of sp³-hybridized carbons (Fsp3) is 0.333. The largest absolute Gasteiger partial charge is 0.338 e. The summed E-state index contributed by atoms with van der Waals surface area (Å²) in [5.74, 6) is 0.0486. The topological polar surface area (TPSA) is 81.5 Å². The van der Waals surface area contributed by atoms with E-state index >= 15 is 0 Å². The molecule has 0 aromatic heterocycles. The number of likely N-dealkylation sites (tertiary alicyclic amines) is 1. The van der Waals surface area contributed by atoms with E-state index in [1.807, 2.05) is 30.3 Å². The van der Waals surface area contributed by atoms with Crippen LogP contribution in [0, 0.1) is 23.2 Å². The molecule has 28 heavy (non-hydrogen) atoms. The second kappa shape index (κ2) is 7.04. The Hall–Kier alpha value is -2.69. The molecule has 2 fully saturated rings. The molecule has 0 bridgehead atoms. The van der Waals surface area contributed by atoms with Gasteiger partial charge < -0.3 is 4.90 Å². The molecule has 6 nitrogen and oxygen atoms in total. The number of nitriles is 1. The van der Waals surface area contributed by atoms with Gasteiger partial charge in [-0.1, -0.05) is 36.4 Å². The fourth-order valence-corrected chi connectivity index (χ4v) is 5.63. The van der Waals surface area contributed by atoms with Crippen LogP contribution in [0.2, 0.25) is 0 Å². The molecule has 2 aliphatic heterocycles. The third-order valence-electron chi connectivity index (χ3n) is 5.71. The first-order valence-electron chi connectivity index (χ1n) is 9.19. The molecular weight excluding hydrogens is 374 g/mol. The van der Waals surface area contributed by atoms with Crippen LogP contribution in [0.3, 0.4) is 0 Å². The van der Waals surface area contributed by atoms with Gasteiger partial charge in [-0.15, -0.1) is 0 Å². The summed E-state index contributed by atoms with van der Waals surface area (Å²) in [6, 6.07) is 18.1. The van der Waals surface area contributed by atoms with Crippen molar-refractivity contribution in [3.8, 4) is 6.07 Å². The molecule has 0 saturated carbocycles. The van der Waals surface area contributed by atoms with E-state index in [2.05, 4.69) is 6.07 Å². The number of sulfonamides is 1. The van der Waals surface area contributed by atoms with Crippen LogP contribution < -0.4 is 0 Å². The zero-order valence-corrected chi connectivity index (χ0v) is 16.3. The minimum Gasteiger partial charge on any atom is -0.338 e. The van der Waals surface area contributed by atoms with Crippen molar-refractivity contribution in [2.45, 2.75) is 6.04 Å². The van der Waals surface area contributed by atoms with Crippen molar-refractivity contribution < 1.29 is 13.2 Å². The predicted molar refractivity (Wildman–Crippen MR) is 105 cm³/mol. The second-order valence-electron chi connectivity index (χ2n) is 7.51. The van der Waals surface area contributed by atoms with Gasteiger partial charge in [-0.25, -0.2) is 8.42 Å². The highest BCUT2D eigenvalue weighted by atomic mass is 32.2. The molecule has 1 amide bonds. The molecule has 0 aliphatic carbocycles. The molecule has 2 saturated heterocycles. The summed E-state index contributed by atoms with van der Waals surface area (Å²) in [4.78, 5) is 14.7. The van der Waals surface area contributed by atoms with Crippen LogP contribution >= 0.6 is 0 Å². The molecule has 0 radical (unpaired) electrons. The second-order valence-corrected chi connectivity index (χ2v) is 9.45. The van der Waals surface area contributed by atoms with Gasteiger partial charge in [0.15, 0.2) is 0 Å². The Bertz CT molecular complexity index is 1050. The van der Waals surface area contributed by atoms with E-state index in [4.69, 9.17) is 5.26 Å². The average molecular weight is 395 g/mol. The highest BCUT2D eigenvalue weighted by Gasteiger charge is 2.51. The lowest BCUT2D eigenvalue weighted by Crippen LogP contribution is -2.37. The van der Waals surface area contributed by atoms with Gasteiger partial charge in [-0.3, -0.25) is 4.79 Å². The molecule has 2 aromatic rings. The number of nitrogens with zero attached hydrogens (tertiary/aromatic N) is 3. The predicted octanol–water partition coefficient (Wildman–Crippen LogP) is 2.26. The number of amides is 1. The van der Waals surface area contributed by atoms with Crippen LogP contribution in [-0.2, 0) is 10.0 Å². The summed E-state index contributed by atoms with van der Waals surface area (Å²) in [5.41, 5.74) is 1.91. The first-order valence-corrected chi connectivity index (χ1v) is 11.0. The Morgan fingerprint density at radius 1 is 1.07 bits per heavy atom. The standard InChI is InChI=1S/C21H21N3O3S/c1-28(26,27)24-13-18-12-23(21(25)17-9-5-6-15(10-17)11-22)14-19(18)20(24)16-7-3-2-4-8-16/h2-10,18-20H,12-14H2,1H3/t18-,19-,20+/m1/s1. The van der Waals surface area contributed by atoms with Gasteiger partial charge >= 0.3 is 0 Å². The van der Waals surface area contributed by atoms with Crippen LogP contribution in [0.25, 0.3) is 0 Å². The van der Waals surface area contributed by atoms with Crippen LogP contribution in [-0.4, -0.2) is 49.4 Å². The van der Waals surface area contributed by atoms with Gasteiger partial charge in [0, 0.05) is 31.1 Å². The number of rotatable bonds is 3. The summed E-state index contributed by atoms with van der Waals surface area (Å²) in [7, 11) is -3.35. The summed E-state index contributed by atoms with van der Waals surface area (Å²) >= 11 is 0. The molecular formula is C21H21N3O3S. The molecule has 4 rings (SSSR count). The SMILES string of the molecule is CS(=O)(=O)N1C[C@H]2CN(C(=O)c3cccc(C#N)c3)C[C@H]2[C@@H]1c1ccccc1. The van der Waals surface area contributed by atoms with Gasteiger partial charge in [-0.2, -0.15) is 9.57 Å². The van der Waals surface area contributed by atoms with Crippen molar-refractivity contribution in [1.29, 1.82) is 5.26 Å². The Labute approximate surface area is 165 Å². The molecule has 3 atom stereocenters. The highest BCUT2D eigenvalue weighted by Crippen LogP contribution is 2.46. The maximum atomic E-state index is 13.0. The smallest absolute Gasteiger partial charge is 0.253 e. The van der Waals surface area contributed by atoms with Gasteiger partial charge in [0.05, 0.1) is 23.9 Å². The van der Waals surface area contributed by atoms with E-state index in [0.29, 0.717) is 30.8 Å². The van der Waals surface area contributed by atoms with E-state index < -0.39 is 10.0 Å². The molecule has 0 spiro atoms. The Morgan fingerprint density at radius 3 is 2.50 bits per heavy atom. The summed E-state index contributed by atoms with van der Waals surface area (Å²) < 4.78 is 26.3. The molecule has 144 valence electrons. The van der Waals surface area contributed by atoms with Gasteiger partial charge in [-0.05, 0) is 29.7 Å². The van der Waals surface area contributed by atoms with Crippen LogP contribution in [0.5, 0.6) is 0 Å². The van der Waals surface area contributed by atoms with Gasteiger partial charge in [0.2, 0.25) is 10.0 Å². The normalized spacial score (nSPS) is 24.7. The highest BCUT2D eigenvalue weighted by molar-refractivity contribution is 7.88. The van der Waals surface area contributed by atoms with Crippen molar-refractivity contribution in [2.24, 2.45) is 11.8 Å². The quantitative estimate of drug-likeness (QED) is 0.798. The Kier molecular flexibility index (Phi) is 4.69. The first kappa shape index (κ1) is 18.7. The lowest BCUT2D eigenvalue weighted by atomic mass is 9.90. The molecule has 2 heterocycles. The van der Waals surface area contributed by atoms with E-state index in [1.165, 1.54) is 6.26 Å². The van der Waals surface area contributed by atoms with Crippen molar-refractivity contribution in [3.05, 3.63) is 71.3 Å². The fourth-order valence-electron chi connectivity index (χ4n) is 4.48. The Balaban J connectivity index is 1.62. The van der Waals surface area contributed by atoms with Gasteiger partial charge in [0.25, 0.3) is 5.91 Å². The summed E-state index contributed by atoms with van der Waals surface area (Å²) in [5, 5.41) is 9.07. The number of fused-ring (bicyclic) bond motifs is 1. The minimum atomic E-state index is -3.35. The number of benzene rings is 2. The maximum absolute atomic E-state index is 13.0. The third kappa shape index (κ3) is 3.30. The lowest BCUT2D eigenvalue weighted by molar-refractivity contribution is 0.0774.